The van der Waals surface area contributed by atoms with Gasteiger partial charge in [-0.15, -0.1) is 0 Å². The number of nitrogens with zero attached hydrogens (tertiary/aromatic N) is 1. The number of hydrogen-bond donors (Lipinski definition) is 8. The number of H-pyrrole nitrogens is 1. The molecule has 0 saturated heterocycles. The molecule has 14 heteroatoms. The Bertz CT molecular complexity index is 1150. The minimum absolute atomic E-state index is 0.00476. The first-order valence-electron chi connectivity index (χ1n) is 12.8. The highest BCUT2D eigenvalue weighted by atomic mass is 16.4. The highest BCUT2D eigenvalue weighted by molar-refractivity contribution is 5.94. The van der Waals surface area contributed by atoms with Gasteiger partial charge >= 0.3 is 5.97 Å². The van der Waals surface area contributed by atoms with Crippen LogP contribution in [-0.2, 0) is 36.8 Å². The molecule has 4 unspecified atom stereocenters. The van der Waals surface area contributed by atoms with E-state index in [-0.39, 0.29) is 37.4 Å². The maximum atomic E-state index is 13.3. The molecule has 1 aromatic heterocycles. The molecule has 40 heavy (non-hydrogen) atoms. The number of imidazole rings is 1. The van der Waals surface area contributed by atoms with Gasteiger partial charge in [-0.25, -0.2) is 9.78 Å². The van der Waals surface area contributed by atoms with Gasteiger partial charge in [0.15, 0.2) is 0 Å². The molecule has 2 rings (SSSR count). The summed E-state index contributed by atoms with van der Waals surface area (Å²) in [5.41, 5.74) is 12.2. The lowest BCUT2D eigenvalue weighted by molar-refractivity contribution is -0.142. The van der Waals surface area contributed by atoms with Crippen molar-refractivity contribution < 1.29 is 34.2 Å². The molecular formula is C26H37N7O7. The lowest BCUT2D eigenvalue weighted by Crippen LogP contribution is -2.58. The zero-order chi connectivity index (χ0) is 29.8. The summed E-state index contributed by atoms with van der Waals surface area (Å²) in [5.74, 6) is -4.06. The van der Waals surface area contributed by atoms with Crippen molar-refractivity contribution in [3.63, 3.8) is 0 Å². The Morgan fingerprint density at radius 3 is 2.08 bits per heavy atom. The molecule has 0 aliphatic rings. The van der Waals surface area contributed by atoms with E-state index < -0.39 is 53.8 Å². The highest BCUT2D eigenvalue weighted by Gasteiger charge is 2.31. The lowest BCUT2D eigenvalue weighted by Gasteiger charge is -2.25. The maximum absolute atomic E-state index is 13.3. The van der Waals surface area contributed by atoms with Crippen molar-refractivity contribution in [1.82, 2.24) is 25.9 Å². The number of aromatic hydroxyl groups is 1. The van der Waals surface area contributed by atoms with Gasteiger partial charge in [0.2, 0.25) is 23.6 Å². The zero-order valence-corrected chi connectivity index (χ0v) is 22.4. The molecule has 0 aliphatic heterocycles. The van der Waals surface area contributed by atoms with E-state index in [0.717, 1.165) is 0 Å². The van der Waals surface area contributed by atoms with Gasteiger partial charge in [0.25, 0.3) is 0 Å². The van der Waals surface area contributed by atoms with Crippen molar-refractivity contribution in [2.45, 2.75) is 70.1 Å². The number of primary amides is 1. The number of carbonyl (C=O) groups is 5. The topological polar surface area (TPSA) is 243 Å². The molecule has 1 aromatic carbocycles. The minimum Gasteiger partial charge on any atom is -0.508 e. The second kappa shape index (κ2) is 15.2. The maximum Gasteiger partial charge on any atom is 0.326 e. The molecule has 4 atom stereocenters. The third kappa shape index (κ3) is 10.7. The fourth-order valence-electron chi connectivity index (χ4n) is 3.89. The number of rotatable bonds is 16. The van der Waals surface area contributed by atoms with Crippen molar-refractivity contribution in [2.24, 2.45) is 17.4 Å². The number of carboxylic acid groups (broad SMARTS) is 1. The number of phenolic OH excluding ortho intramolecular Hbond substituents is 1. The van der Waals surface area contributed by atoms with E-state index in [2.05, 4.69) is 25.9 Å². The van der Waals surface area contributed by atoms with Crippen LogP contribution in [0.2, 0.25) is 0 Å². The number of nitrogens with one attached hydrogen (secondary N) is 4. The standard InChI is InChI=1S/C26H37N7O7/c1-14(2)9-18(27)23(36)31-19(7-8-22(28)35)24(37)32-20(11-16-12-29-13-30-16)25(38)33-21(26(39)40)10-15-3-5-17(34)6-4-15/h3-6,12-14,18-21,34H,7-11,27H2,1-2H3,(H2,28,35)(H,29,30)(H,31,36)(H,32,37)(H,33,38)(H,39,40). The molecule has 218 valence electrons. The number of hydrogen-bond acceptors (Lipinski definition) is 8. The van der Waals surface area contributed by atoms with Crippen molar-refractivity contribution in [1.29, 1.82) is 0 Å². The molecule has 4 amide bonds. The third-order valence-corrected chi connectivity index (χ3v) is 5.98. The second-order valence-electron chi connectivity index (χ2n) is 9.91. The van der Waals surface area contributed by atoms with Gasteiger partial charge in [0.1, 0.15) is 23.9 Å². The first-order chi connectivity index (χ1) is 18.8. The normalized spacial score (nSPS) is 14.0. The quantitative estimate of drug-likeness (QED) is 0.127. The van der Waals surface area contributed by atoms with Crippen LogP contribution < -0.4 is 27.4 Å². The summed E-state index contributed by atoms with van der Waals surface area (Å²) in [4.78, 5) is 69.2. The SMILES string of the molecule is CC(C)CC(N)C(=O)NC(CCC(N)=O)C(=O)NC(Cc1cnc[nH]1)C(=O)NC(Cc1ccc(O)cc1)C(=O)O. The van der Waals surface area contributed by atoms with E-state index in [9.17, 15) is 34.2 Å². The average molecular weight is 560 g/mol. The van der Waals surface area contributed by atoms with Gasteiger partial charge in [0, 0.05) is 31.2 Å². The highest BCUT2D eigenvalue weighted by Crippen LogP contribution is 2.12. The monoisotopic (exact) mass is 559 g/mol. The molecule has 2 aromatic rings. The summed E-state index contributed by atoms with van der Waals surface area (Å²) >= 11 is 0. The fourth-order valence-corrected chi connectivity index (χ4v) is 3.89. The average Bonchev–Trinajstić information content (AvgIpc) is 3.39. The molecule has 0 aliphatic carbocycles. The summed E-state index contributed by atoms with van der Waals surface area (Å²) in [6, 6.07) is 1.08. The van der Waals surface area contributed by atoms with E-state index >= 15 is 0 Å². The van der Waals surface area contributed by atoms with E-state index in [1.165, 1.54) is 36.8 Å². The first kappa shape index (κ1) is 31.8. The van der Waals surface area contributed by atoms with Crippen LogP contribution in [0.25, 0.3) is 0 Å². The number of carbonyl (C=O) groups excluding carboxylic acids is 4. The predicted octanol–water partition coefficient (Wildman–Crippen LogP) is -0.922. The molecule has 0 bridgehead atoms. The van der Waals surface area contributed by atoms with Crippen LogP contribution in [0, 0.1) is 5.92 Å². The van der Waals surface area contributed by atoms with E-state index in [4.69, 9.17) is 11.5 Å². The number of benzene rings is 1. The largest absolute Gasteiger partial charge is 0.508 e. The molecule has 0 fully saturated rings. The lowest BCUT2D eigenvalue weighted by atomic mass is 10.0. The number of aliphatic carboxylic acids is 1. The number of amides is 4. The van der Waals surface area contributed by atoms with Gasteiger partial charge in [-0.3, -0.25) is 19.2 Å². The van der Waals surface area contributed by atoms with Gasteiger partial charge in [-0.2, -0.15) is 0 Å². The van der Waals surface area contributed by atoms with Crippen LogP contribution in [0.5, 0.6) is 5.75 Å². The van der Waals surface area contributed by atoms with E-state index in [0.29, 0.717) is 17.7 Å². The Kier molecular flexibility index (Phi) is 12.1. The van der Waals surface area contributed by atoms with Crippen molar-refractivity contribution in [2.75, 3.05) is 0 Å². The van der Waals surface area contributed by atoms with Crippen molar-refractivity contribution in [3.8, 4) is 5.75 Å². The Hall–Kier alpha value is -4.46. The molecule has 0 radical (unpaired) electrons. The summed E-state index contributed by atoms with van der Waals surface area (Å²) < 4.78 is 0. The minimum atomic E-state index is -1.35. The summed E-state index contributed by atoms with van der Waals surface area (Å²) in [7, 11) is 0. The summed E-state index contributed by atoms with van der Waals surface area (Å²) in [5, 5.41) is 26.7. The van der Waals surface area contributed by atoms with Gasteiger partial charge in [0.05, 0.1) is 12.4 Å². The van der Waals surface area contributed by atoms with E-state index in [1.54, 1.807) is 0 Å². The van der Waals surface area contributed by atoms with Crippen molar-refractivity contribution >= 4 is 29.6 Å². The Morgan fingerprint density at radius 1 is 0.925 bits per heavy atom. The third-order valence-electron chi connectivity index (χ3n) is 5.98. The predicted molar refractivity (Wildman–Crippen MR) is 143 cm³/mol. The van der Waals surface area contributed by atoms with Crippen LogP contribution in [0.4, 0.5) is 0 Å². The van der Waals surface area contributed by atoms with Crippen LogP contribution in [0.15, 0.2) is 36.8 Å². The Morgan fingerprint density at radius 2 is 1.52 bits per heavy atom. The first-order valence-corrected chi connectivity index (χ1v) is 12.8. The molecule has 10 N–H and O–H groups in total. The number of phenols is 1. The number of aromatic nitrogens is 2. The number of nitrogens with two attached hydrogens (primary N) is 2. The smallest absolute Gasteiger partial charge is 0.326 e. The number of carboxylic acids is 1. The van der Waals surface area contributed by atoms with Crippen LogP contribution >= 0.6 is 0 Å². The Labute approximate surface area is 231 Å². The Balaban J connectivity index is 2.22. The second-order valence-corrected chi connectivity index (χ2v) is 9.91. The van der Waals surface area contributed by atoms with Gasteiger partial charge in [-0.05, 0) is 36.5 Å². The zero-order valence-electron chi connectivity index (χ0n) is 22.4. The van der Waals surface area contributed by atoms with Gasteiger partial charge in [-0.1, -0.05) is 26.0 Å². The molecule has 0 spiro atoms. The van der Waals surface area contributed by atoms with Crippen LogP contribution in [-0.4, -0.2) is 73.9 Å². The summed E-state index contributed by atoms with van der Waals surface area (Å²) in [6.45, 7) is 3.77. The van der Waals surface area contributed by atoms with Crippen molar-refractivity contribution in [3.05, 3.63) is 48.0 Å². The van der Waals surface area contributed by atoms with Gasteiger partial charge < -0.3 is 42.6 Å². The molecule has 1 heterocycles. The summed E-state index contributed by atoms with van der Waals surface area (Å²) in [6.07, 6.45) is 2.65. The van der Waals surface area contributed by atoms with E-state index in [1.807, 2.05) is 13.8 Å². The number of aromatic amines is 1. The molecule has 0 saturated carbocycles. The molecule has 14 nitrogen and oxygen atoms in total. The fraction of sp³-hybridized carbons (Fsp3) is 0.462. The van der Waals surface area contributed by atoms with Crippen LogP contribution in [0.1, 0.15) is 44.4 Å². The van der Waals surface area contributed by atoms with Crippen LogP contribution in [0.3, 0.4) is 0 Å². The molecular weight excluding hydrogens is 522 g/mol.